The fourth-order valence-electron chi connectivity index (χ4n) is 2.28. The van der Waals surface area contributed by atoms with Crippen LogP contribution in [0.15, 0.2) is 4.99 Å². The van der Waals surface area contributed by atoms with Gasteiger partial charge in [-0.25, -0.2) is 5.84 Å². The van der Waals surface area contributed by atoms with Crippen LogP contribution in [0.4, 0.5) is 0 Å². The normalized spacial score (nSPS) is 25.0. The molecule has 1 fully saturated rings. The van der Waals surface area contributed by atoms with Gasteiger partial charge in [0.1, 0.15) is 0 Å². The molecule has 5 heteroatoms. The number of rotatable bonds is 6. The van der Waals surface area contributed by atoms with E-state index in [9.17, 15) is 0 Å². The van der Waals surface area contributed by atoms with E-state index < -0.39 is 0 Å². The van der Waals surface area contributed by atoms with Gasteiger partial charge in [-0.05, 0) is 24.7 Å². The number of ether oxygens (including phenoxy) is 1. The summed E-state index contributed by atoms with van der Waals surface area (Å²) >= 11 is 0. The Hall–Kier alpha value is -0.810. The number of methoxy groups -OCH3 is 1. The van der Waals surface area contributed by atoms with Gasteiger partial charge in [0.05, 0.1) is 0 Å². The second kappa shape index (κ2) is 8.31. The van der Waals surface area contributed by atoms with Gasteiger partial charge in [0.2, 0.25) is 5.96 Å². The highest BCUT2D eigenvalue weighted by Crippen LogP contribution is 2.31. The van der Waals surface area contributed by atoms with Crippen LogP contribution in [0.2, 0.25) is 0 Å². The highest BCUT2D eigenvalue weighted by molar-refractivity contribution is 5.79. The molecule has 17 heavy (non-hydrogen) atoms. The average Bonchev–Trinajstić information content (AvgIpc) is 2.74. The lowest BCUT2D eigenvalue weighted by molar-refractivity contribution is 0.195. The molecule has 0 amide bonds. The van der Waals surface area contributed by atoms with E-state index in [0.717, 1.165) is 38.0 Å². The molecule has 1 aliphatic carbocycles. The summed E-state index contributed by atoms with van der Waals surface area (Å²) in [5, 5.41) is 3.18. The minimum Gasteiger partial charge on any atom is -0.385 e. The van der Waals surface area contributed by atoms with Gasteiger partial charge >= 0.3 is 0 Å². The van der Waals surface area contributed by atoms with Crippen LogP contribution in [0, 0.1) is 11.8 Å². The van der Waals surface area contributed by atoms with Crippen molar-refractivity contribution < 1.29 is 4.74 Å². The fraction of sp³-hybridized carbons (Fsp3) is 0.917. The summed E-state index contributed by atoms with van der Waals surface area (Å²) in [4.78, 5) is 4.50. The maximum Gasteiger partial charge on any atom is 0.205 e. The molecule has 0 aromatic heterocycles. The Balaban J connectivity index is 2.23. The average molecular weight is 242 g/mol. The molecule has 0 aliphatic heterocycles. The van der Waals surface area contributed by atoms with Gasteiger partial charge in [-0.2, -0.15) is 0 Å². The van der Waals surface area contributed by atoms with E-state index in [1.807, 2.05) is 0 Å². The van der Waals surface area contributed by atoms with Gasteiger partial charge in [-0.3, -0.25) is 10.4 Å². The zero-order chi connectivity index (χ0) is 12.5. The molecule has 0 heterocycles. The number of guanidine groups is 1. The highest BCUT2D eigenvalue weighted by Gasteiger charge is 2.22. The molecule has 2 unspecified atom stereocenters. The van der Waals surface area contributed by atoms with Crippen LogP contribution in [0.1, 0.15) is 32.6 Å². The van der Waals surface area contributed by atoms with Crippen LogP contribution < -0.4 is 16.6 Å². The lowest BCUT2D eigenvalue weighted by atomic mass is 9.99. The molecule has 100 valence electrons. The van der Waals surface area contributed by atoms with E-state index in [0.29, 0.717) is 5.96 Å². The lowest BCUT2D eigenvalue weighted by Gasteiger charge is -2.14. The summed E-state index contributed by atoms with van der Waals surface area (Å²) in [7, 11) is 1.71. The summed E-state index contributed by atoms with van der Waals surface area (Å²) in [6.07, 6.45) is 4.93. The SMILES string of the molecule is COCCCNC(=NCC1CCCC1C)NN. The second-order valence-corrected chi connectivity index (χ2v) is 4.78. The number of nitrogens with zero attached hydrogens (tertiary/aromatic N) is 1. The maximum absolute atomic E-state index is 5.43. The number of hydrogen-bond donors (Lipinski definition) is 3. The Kier molecular flexibility index (Phi) is 6.96. The topological polar surface area (TPSA) is 71.7 Å². The second-order valence-electron chi connectivity index (χ2n) is 4.78. The summed E-state index contributed by atoms with van der Waals surface area (Å²) < 4.78 is 4.98. The largest absolute Gasteiger partial charge is 0.385 e. The van der Waals surface area contributed by atoms with Gasteiger partial charge in [-0.1, -0.05) is 19.8 Å². The smallest absolute Gasteiger partial charge is 0.205 e. The zero-order valence-corrected chi connectivity index (χ0v) is 11.0. The molecule has 1 rings (SSSR count). The Morgan fingerprint density at radius 3 is 2.88 bits per heavy atom. The quantitative estimate of drug-likeness (QED) is 0.212. The molecule has 4 N–H and O–H groups in total. The van der Waals surface area contributed by atoms with Gasteiger partial charge in [0.15, 0.2) is 0 Å². The molecule has 1 saturated carbocycles. The number of aliphatic imine (C=N–C) groups is 1. The minimum atomic E-state index is 0.695. The summed E-state index contributed by atoms with van der Waals surface area (Å²) in [6.45, 7) is 4.77. The molecule has 0 radical (unpaired) electrons. The third-order valence-corrected chi connectivity index (χ3v) is 3.48. The summed E-state index contributed by atoms with van der Waals surface area (Å²) in [6, 6.07) is 0. The number of hydrazine groups is 1. The van der Waals surface area contributed by atoms with Crippen LogP contribution in [-0.2, 0) is 4.74 Å². The van der Waals surface area contributed by atoms with Crippen LogP contribution in [0.25, 0.3) is 0 Å². The molecule has 2 atom stereocenters. The molecule has 5 nitrogen and oxygen atoms in total. The fourth-order valence-corrected chi connectivity index (χ4v) is 2.28. The molecule has 0 bridgehead atoms. The van der Waals surface area contributed by atoms with Crippen molar-refractivity contribution in [2.45, 2.75) is 32.6 Å². The van der Waals surface area contributed by atoms with Crippen molar-refractivity contribution in [3.63, 3.8) is 0 Å². The van der Waals surface area contributed by atoms with E-state index >= 15 is 0 Å². The van der Waals surface area contributed by atoms with Gasteiger partial charge < -0.3 is 10.1 Å². The van der Waals surface area contributed by atoms with Crippen LogP contribution in [-0.4, -0.2) is 32.8 Å². The van der Waals surface area contributed by atoms with Gasteiger partial charge in [0, 0.05) is 26.8 Å². The Morgan fingerprint density at radius 2 is 2.29 bits per heavy atom. The predicted octanol–water partition coefficient (Wildman–Crippen LogP) is 0.868. The first kappa shape index (κ1) is 14.3. The molecule has 0 saturated heterocycles. The van der Waals surface area contributed by atoms with Crippen molar-refractivity contribution in [3.8, 4) is 0 Å². The van der Waals surface area contributed by atoms with Crippen LogP contribution >= 0.6 is 0 Å². The molecular weight excluding hydrogens is 216 g/mol. The third-order valence-electron chi connectivity index (χ3n) is 3.48. The maximum atomic E-state index is 5.43. The predicted molar refractivity (Wildman–Crippen MR) is 70.6 cm³/mol. The minimum absolute atomic E-state index is 0.695. The van der Waals surface area contributed by atoms with Crippen LogP contribution in [0.5, 0.6) is 0 Å². The number of nitrogens with two attached hydrogens (primary N) is 1. The van der Waals surface area contributed by atoms with E-state index in [2.05, 4.69) is 22.7 Å². The highest BCUT2D eigenvalue weighted by atomic mass is 16.5. The first-order chi connectivity index (χ1) is 8.27. The standard InChI is InChI=1S/C12H26N4O/c1-10-5-3-6-11(10)9-15-12(16-13)14-7-4-8-17-2/h10-11H,3-9,13H2,1-2H3,(H2,14,15,16). The number of nitrogens with one attached hydrogen (secondary N) is 2. The molecule has 1 aliphatic rings. The number of hydrogen-bond acceptors (Lipinski definition) is 3. The Morgan fingerprint density at radius 1 is 1.47 bits per heavy atom. The summed E-state index contributed by atoms with van der Waals surface area (Å²) in [5.41, 5.74) is 2.62. The zero-order valence-electron chi connectivity index (χ0n) is 11.0. The molecular formula is C12H26N4O. The van der Waals surface area contributed by atoms with E-state index in [1.165, 1.54) is 19.3 Å². The van der Waals surface area contributed by atoms with E-state index in [4.69, 9.17) is 10.6 Å². The van der Waals surface area contributed by atoms with E-state index in [-0.39, 0.29) is 0 Å². The van der Waals surface area contributed by atoms with Crippen LogP contribution in [0.3, 0.4) is 0 Å². The van der Waals surface area contributed by atoms with E-state index in [1.54, 1.807) is 7.11 Å². The molecule has 0 aromatic carbocycles. The van der Waals surface area contributed by atoms with Crippen molar-refractivity contribution in [1.82, 2.24) is 10.7 Å². The Bertz CT molecular complexity index is 233. The van der Waals surface area contributed by atoms with Crippen molar-refractivity contribution in [1.29, 1.82) is 0 Å². The Labute approximate surface area is 104 Å². The first-order valence-corrected chi connectivity index (χ1v) is 6.51. The van der Waals surface area contributed by atoms with Gasteiger partial charge in [0.25, 0.3) is 0 Å². The monoisotopic (exact) mass is 242 g/mol. The van der Waals surface area contributed by atoms with Crippen molar-refractivity contribution >= 4 is 5.96 Å². The lowest BCUT2D eigenvalue weighted by Crippen LogP contribution is -2.42. The first-order valence-electron chi connectivity index (χ1n) is 6.51. The molecule has 0 spiro atoms. The van der Waals surface area contributed by atoms with Crippen molar-refractivity contribution in [2.24, 2.45) is 22.7 Å². The van der Waals surface area contributed by atoms with Gasteiger partial charge in [-0.15, -0.1) is 0 Å². The third kappa shape index (κ3) is 5.37. The van der Waals surface area contributed by atoms with Crippen molar-refractivity contribution in [3.05, 3.63) is 0 Å². The van der Waals surface area contributed by atoms with Crippen molar-refractivity contribution in [2.75, 3.05) is 26.8 Å². The molecule has 0 aromatic rings. The summed E-state index contributed by atoms with van der Waals surface area (Å²) in [5.74, 6) is 7.65.